The first-order chi connectivity index (χ1) is 8.45. The molecule has 18 heavy (non-hydrogen) atoms. The molecule has 0 spiro atoms. The van der Waals surface area contributed by atoms with Crippen LogP contribution in [-0.2, 0) is 9.53 Å². The van der Waals surface area contributed by atoms with E-state index < -0.39 is 12.1 Å². The molecule has 0 aliphatic heterocycles. The molecule has 98 valence electrons. The number of carbonyl (C=O) groups excluding carboxylic acids is 1. The Balaban J connectivity index is 2.65. The van der Waals surface area contributed by atoms with Crippen LogP contribution in [-0.4, -0.2) is 36.7 Å². The summed E-state index contributed by atoms with van der Waals surface area (Å²) in [5.74, 6) is -1.40. The van der Waals surface area contributed by atoms with Crippen LogP contribution in [0.5, 0.6) is 0 Å². The lowest BCUT2D eigenvalue weighted by Crippen LogP contribution is -2.37. The number of carboxylic acids is 1. The van der Waals surface area contributed by atoms with Crippen molar-refractivity contribution in [1.29, 1.82) is 0 Å². The summed E-state index contributed by atoms with van der Waals surface area (Å²) in [7, 11) is 1.29. The summed E-state index contributed by atoms with van der Waals surface area (Å²) in [6.45, 7) is 3.82. The topological polar surface area (TPSA) is 75.6 Å². The molecular weight excluding hydrogens is 234 g/mol. The van der Waals surface area contributed by atoms with Gasteiger partial charge in [0, 0.05) is 12.7 Å². The fourth-order valence-electron chi connectivity index (χ4n) is 1.44. The molecule has 1 atom stereocenters. The smallest absolute Gasteiger partial charge is 0.334 e. The summed E-state index contributed by atoms with van der Waals surface area (Å²) in [6, 6.07) is 5.34. The number of amides is 1. The Hall–Kier alpha value is -1.88. The Bertz CT molecular complexity index is 456. The van der Waals surface area contributed by atoms with Crippen molar-refractivity contribution >= 4 is 11.9 Å². The predicted molar refractivity (Wildman–Crippen MR) is 66.7 cm³/mol. The van der Waals surface area contributed by atoms with Crippen LogP contribution in [0.2, 0.25) is 0 Å². The zero-order valence-electron chi connectivity index (χ0n) is 10.7. The zero-order valence-corrected chi connectivity index (χ0v) is 10.7. The van der Waals surface area contributed by atoms with Gasteiger partial charge in [0.1, 0.15) is 0 Å². The summed E-state index contributed by atoms with van der Waals surface area (Å²) in [4.78, 5) is 22.5. The van der Waals surface area contributed by atoms with E-state index in [1.54, 1.807) is 12.1 Å². The molecular formula is C13H17NO4. The van der Waals surface area contributed by atoms with Gasteiger partial charge < -0.3 is 15.2 Å². The maximum Gasteiger partial charge on any atom is 0.334 e. The molecule has 0 aromatic heterocycles. The Morgan fingerprint density at radius 2 is 2.00 bits per heavy atom. The Kier molecular flexibility index (Phi) is 4.85. The van der Waals surface area contributed by atoms with E-state index in [1.807, 2.05) is 19.9 Å². The first-order valence-corrected chi connectivity index (χ1v) is 5.56. The van der Waals surface area contributed by atoms with Gasteiger partial charge in [0.25, 0.3) is 5.91 Å². The lowest BCUT2D eigenvalue weighted by Gasteiger charge is -2.12. The van der Waals surface area contributed by atoms with Crippen molar-refractivity contribution in [3.63, 3.8) is 0 Å². The largest absolute Gasteiger partial charge is 0.479 e. The number of rotatable bonds is 5. The number of aliphatic carboxylic acids is 1. The summed E-state index contributed by atoms with van der Waals surface area (Å²) >= 11 is 0. The van der Waals surface area contributed by atoms with E-state index in [1.165, 1.54) is 7.11 Å². The lowest BCUT2D eigenvalue weighted by molar-refractivity contribution is -0.148. The Morgan fingerprint density at radius 3 is 2.50 bits per heavy atom. The second-order valence-corrected chi connectivity index (χ2v) is 4.07. The van der Waals surface area contributed by atoms with Crippen molar-refractivity contribution in [1.82, 2.24) is 5.32 Å². The standard InChI is InChI=1S/C13H17NO4/c1-8-4-5-10(6-9(8)2)12(15)14-7-11(18-3)13(16)17/h4-6,11H,7H2,1-3H3,(H,14,15)(H,16,17). The van der Waals surface area contributed by atoms with E-state index in [9.17, 15) is 9.59 Å². The highest BCUT2D eigenvalue weighted by Gasteiger charge is 2.17. The molecule has 2 N–H and O–H groups in total. The number of hydrogen-bond acceptors (Lipinski definition) is 3. The molecule has 0 radical (unpaired) electrons. The number of hydrogen-bond donors (Lipinski definition) is 2. The maximum atomic E-state index is 11.8. The maximum absolute atomic E-state index is 11.8. The molecule has 0 saturated carbocycles. The average molecular weight is 251 g/mol. The van der Waals surface area contributed by atoms with Gasteiger partial charge in [0.2, 0.25) is 0 Å². The predicted octanol–water partition coefficient (Wildman–Crippen LogP) is 1.13. The van der Waals surface area contributed by atoms with Gasteiger partial charge in [-0.25, -0.2) is 4.79 Å². The number of aryl methyl sites for hydroxylation is 2. The fraction of sp³-hybridized carbons (Fsp3) is 0.385. The summed E-state index contributed by atoms with van der Waals surface area (Å²) in [6.07, 6.45) is -1.03. The van der Waals surface area contributed by atoms with Crippen LogP contribution >= 0.6 is 0 Å². The number of carboxylic acid groups (broad SMARTS) is 1. The van der Waals surface area contributed by atoms with Gasteiger partial charge >= 0.3 is 5.97 Å². The van der Waals surface area contributed by atoms with Gasteiger partial charge in [-0.1, -0.05) is 6.07 Å². The van der Waals surface area contributed by atoms with Crippen molar-refractivity contribution in [2.45, 2.75) is 20.0 Å². The van der Waals surface area contributed by atoms with Crippen molar-refractivity contribution in [3.8, 4) is 0 Å². The molecule has 0 bridgehead atoms. The molecule has 5 heteroatoms. The Labute approximate surface area is 106 Å². The van der Waals surface area contributed by atoms with Gasteiger partial charge in [-0.15, -0.1) is 0 Å². The second-order valence-electron chi connectivity index (χ2n) is 4.07. The van der Waals surface area contributed by atoms with E-state index in [-0.39, 0.29) is 12.5 Å². The van der Waals surface area contributed by atoms with Gasteiger partial charge in [-0.2, -0.15) is 0 Å². The summed E-state index contributed by atoms with van der Waals surface area (Å²) < 4.78 is 4.73. The molecule has 0 aliphatic carbocycles. The fourth-order valence-corrected chi connectivity index (χ4v) is 1.44. The number of ether oxygens (including phenoxy) is 1. The number of carbonyl (C=O) groups is 2. The second kappa shape index (κ2) is 6.16. The van der Waals surface area contributed by atoms with Crippen LogP contribution in [0.15, 0.2) is 18.2 Å². The van der Waals surface area contributed by atoms with Crippen molar-refractivity contribution in [3.05, 3.63) is 34.9 Å². The SMILES string of the molecule is COC(CNC(=O)c1ccc(C)c(C)c1)C(=O)O. The third kappa shape index (κ3) is 3.56. The highest BCUT2D eigenvalue weighted by molar-refractivity contribution is 5.94. The lowest BCUT2D eigenvalue weighted by atomic mass is 10.1. The number of nitrogens with one attached hydrogen (secondary N) is 1. The monoisotopic (exact) mass is 251 g/mol. The highest BCUT2D eigenvalue weighted by Crippen LogP contribution is 2.09. The molecule has 1 aromatic carbocycles. The third-order valence-electron chi connectivity index (χ3n) is 2.78. The van der Waals surface area contributed by atoms with Gasteiger partial charge in [-0.05, 0) is 37.1 Å². The first kappa shape index (κ1) is 14.2. The molecule has 5 nitrogen and oxygen atoms in total. The van der Waals surface area contributed by atoms with Crippen LogP contribution in [0.25, 0.3) is 0 Å². The van der Waals surface area contributed by atoms with Crippen molar-refractivity contribution in [2.24, 2.45) is 0 Å². The highest BCUT2D eigenvalue weighted by atomic mass is 16.5. The number of benzene rings is 1. The van der Waals surface area contributed by atoms with E-state index in [4.69, 9.17) is 9.84 Å². The Morgan fingerprint density at radius 1 is 1.33 bits per heavy atom. The van der Waals surface area contributed by atoms with E-state index in [2.05, 4.69) is 5.32 Å². The molecule has 0 heterocycles. The van der Waals surface area contributed by atoms with E-state index >= 15 is 0 Å². The van der Waals surface area contributed by atoms with Gasteiger partial charge in [0.05, 0.1) is 6.54 Å². The normalized spacial score (nSPS) is 11.9. The molecule has 0 fully saturated rings. The van der Waals surface area contributed by atoms with Crippen molar-refractivity contribution in [2.75, 3.05) is 13.7 Å². The third-order valence-corrected chi connectivity index (χ3v) is 2.78. The number of methoxy groups -OCH3 is 1. The van der Waals surface area contributed by atoms with Gasteiger partial charge in [0.15, 0.2) is 6.10 Å². The van der Waals surface area contributed by atoms with Gasteiger partial charge in [-0.3, -0.25) is 4.79 Å². The summed E-state index contributed by atoms with van der Waals surface area (Å²) in [5, 5.41) is 11.3. The van der Waals surface area contributed by atoms with Crippen LogP contribution in [0.4, 0.5) is 0 Å². The minimum absolute atomic E-state index is 0.0579. The molecule has 1 unspecified atom stereocenters. The molecule has 1 rings (SSSR count). The van der Waals surface area contributed by atoms with Crippen LogP contribution < -0.4 is 5.32 Å². The van der Waals surface area contributed by atoms with Crippen LogP contribution in [0.1, 0.15) is 21.5 Å². The average Bonchev–Trinajstić information content (AvgIpc) is 2.32. The molecule has 1 aromatic rings. The molecule has 0 saturated heterocycles. The van der Waals surface area contributed by atoms with Crippen LogP contribution in [0, 0.1) is 13.8 Å². The van der Waals surface area contributed by atoms with E-state index in [0.717, 1.165) is 11.1 Å². The molecule has 1 amide bonds. The first-order valence-electron chi connectivity index (χ1n) is 5.56. The minimum atomic E-state index is -1.10. The van der Waals surface area contributed by atoms with Crippen molar-refractivity contribution < 1.29 is 19.4 Å². The minimum Gasteiger partial charge on any atom is -0.479 e. The van der Waals surface area contributed by atoms with E-state index in [0.29, 0.717) is 5.56 Å². The summed E-state index contributed by atoms with van der Waals surface area (Å²) in [5.41, 5.74) is 2.63. The molecule has 0 aliphatic rings. The quantitative estimate of drug-likeness (QED) is 0.822. The zero-order chi connectivity index (χ0) is 13.7. The van der Waals surface area contributed by atoms with Crippen LogP contribution in [0.3, 0.4) is 0 Å².